The normalized spacial score (nSPS) is 56.4. The molecule has 0 aromatic heterocycles. The highest BCUT2D eigenvalue weighted by Crippen LogP contribution is 2.67. The Morgan fingerprint density at radius 1 is 0.857 bits per heavy atom. The van der Waals surface area contributed by atoms with Gasteiger partial charge in [0.05, 0.1) is 0 Å². The van der Waals surface area contributed by atoms with Gasteiger partial charge in [0, 0.05) is 6.61 Å². The minimum atomic E-state index is 0.451. The smallest absolute Gasteiger partial charge is 0.0462 e. The zero-order valence-electron chi connectivity index (χ0n) is 14.1. The third-order valence-corrected chi connectivity index (χ3v) is 8.77. The van der Waals surface area contributed by atoms with Crippen molar-refractivity contribution in [3.63, 3.8) is 0 Å². The van der Waals surface area contributed by atoms with Gasteiger partial charge in [0.2, 0.25) is 0 Å². The summed E-state index contributed by atoms with van der Waals surface area (Å²) in [4.78, 5) is 0. The fourth-order valence-electron chi connectivity index (χ4n) is 7.76. The molecular weight excluding hydrogens is 256 g/mol. The van der Waals surface area contributed by atoms with Crippen LogP contribution < -0.4 is 0 Å². The minimum Gasteiger partial charge on any atom is -0.396 e. The van der Waals surface area contributed by atoms with Crippen molar-refractivity contribution < 1.29 is 5.11 Å². The number of aliphatic hydroxyl groups is 1. The lowest BCUT2D eigenvalue weighted by molar-refractivity contribution is -0.136. The Hall–Kier alpha value is -0.0400. The van der Waals surface area contributed by atoms with Crippen LogP contribution in [-0.4, -0.2) is 11.7 Å². The first-order chi connectivity index (χ1) is 10.1. The van der Waals surface area contributed by atoms with Gasteiger partial charge >= 0.3 is 0 Å². The monoisotopic (exact) mass is 290 g/mol. The Bertz CT molecular complexity index is 405. The average Bonchev–Trinajstić information content (AvgIpc) is 2.87. The Kier molecular flexibility index (Phi) is 3.45. The second-order valence-electron chi connectivity index (χ2n) is 9.50. The molecule has 0 saturated heterocycles. The van der Waals surface area contributed by atoms with Crippen LogP contribution in [0, 0.1) is 40.4 Å². The van der Waals surface area contributed by atoms with Crippen LogP contribution in [0.2, 0.25) is 0 Å². The maximum Gasteiger partial charge on any atom is 0.0462 e. The maximum absolute atomic E-state index is 10.0. The highest BCUT2D eigenvalue weighted by atomic mass is 16.3. The van der Waals surface area contributed by atoms with Crippen LogP contribution in [0.5, 0.6) is 0 Å². The highest BCUT2D eigenvalue weighted by molar-refractivity contribution is 5.08. The molecule has 0 heterocycles. The second kappa shape index (κ2) is 4.98. The first kappa shape index (κ1) is 14.5. The van der Waals surface area contributed by atoms with Crippen LogP contribution in [-0.2, 0) is 0 Å². The molecule has 0 amide bonds. The van der Waals surface area contributed by atoms with Gasteiger partial charge < -0.3 is 5.11 Å². The van der Waals surface area contributed by atoms with E-state index in [1.807, 2.05) is 0 Å². The highest BCUT2D eigenvalue weighted by Gasteiger charge is 2.59. The first-order valence-electron chi connectivity index (χ1n) is 9.69. The van der Waals surface area contributed by atoms with Gasteiger partial charge in [0.15, 0.2) is 0 Å². The van der Waals surface area contributed by atoms with E-state index in [1.165, 1.54) is 64.2 Å². The molecule has 1 nitrogen and oxygen atoms in total. The summed E-state index contributed by atoms with van der Waals surface area (Å²) in [7, 11) is 0. The van der Waals surface area contributed by atoms with Crippen molar-refractivity contribution in [2.75, 3.05) is 6.61 Å². The summed E-state index contributed by atoms with van der Waals surface area (Å²) in [5.41, 5.74) is 1.21. The van der Waals surface area contributed by atoms with Crippen molar-refractivity contribution >= 4 is 0 Å². The lowest BCUT2D eigenvalue weighted by Gasteiger charge is -2.62. The minimum absolute atomic E-state index is 0.451. The summed E-state index contributed by atoms with van der Waals surface area (Å²) in [5, 5.41) is 10.0. The molecular formula is C20H34O. The molecule has 0 aromatic rings. The van der Waals surface area contributed by atoms with Crippen molar-refractivity contribution in [1.29, 1.82) is 0 Å². The molecule has 7 atom stereocenters. The zero-order chi connectivity index (χ0) is 14.7. The van der Waals surface area contributed by atoms with Crippen molar-refractivity contribution in [3.8, 4) is 0 Å². The lowest BCUT2D eigenvalue weighted by Crippen LogP contribution is -2.55. The van der Waals surface area contributed by atoms with Gasteiger partial charge in [0.1, 0.15) is 0 Å². The van der Waals surface area contributed by atoms with Gasteiger partial charge in [-0.2, -0.15) is 0 Å². The third kappa shape index (κ3) is 1.98. The quantitative estimate of drug-likeness (QED) is 0.718. The van der Waals surface area contributed by atoms with Gasteiger partial charge in [0.25, 0.3) is 0 Å². The van der Waals surface area contributed by atoms with E-state index in [0.717, 1.165) is 23.7 Å². The Labute approximate surface area is 130 Å². The van der Waals surface area contributed by atoms with Gasteiger partial charge in [-0.25, -0.2) is 0 Å². The summed E-state index contributed by atoms with van der Waals surface area (Å²) < 4.78 is 0. The molecule has 4 saturated carbocycles. The van der Waals surface area contributed by atoms with Crippen LogP contribution in [0.1, 0.15) is 78.1 Å². The van der Waals surface area contributed by atoms with Crippen LogP contribution in [0.15, 0.2) is 0 Å². The average molecular weight is 290 g/mol. The van der Waals surface area contributed by atoms with Gasteiger partial charge in [-0.15, -0.1) is 0 Å². The Morgan fingerprint density at radius 2 is 1.67 bits per heavy atom. The van der Waals surface area contributed by atoms with E-state index in [2.05, 4.69) is 13.8 Å². The largest absolute Gasteiger partial charge is 0.396 e. The summed E-state index contributed by atoms with van der Waals surface area (Å²) in [6, 6.07) is 0. The topological polar surface area (TPSA) is 20.2 Å². The predicted octanol–water partition coefficient (Wildman–Crippen LogP) is 5.03. The number of aliphatic hydroxyl groups excluding tert-OH is 1. The van der Waals surface area contributed by atoms with Gasteiger partial charge in [-0.1, -0.05) is 33.1 Å². The molecule has 1 N–H and O–H groups in total. The molecule has 4 fully saturated rings. The van der Waals surface area contributed by atoms with E-state index >= 15 is 0 Å². The molecule has 21 heavy (non-hydrogen) atoms. The zero-order valence-corrected chi connectivity index (χ0v) is 14.1. The summed E-state index contributed by atoms with van der Waals surface area (Å²) in [6.45, 7) is 5.66. The van der Waals surface area contributed by atoms with E-state index in [4.69, 9.17) is 0 Å². The van der Waals surface area contributed by atoms with Gasteiger partial charge in [-0.05, 0) is 85.4 Å². The van der Waals surface area contributed by atoms with E-state index in [9.17, 15) is 5.11 Å². The molecule has 0 aromatic carbocycles. The molecule has 0 aliphatic heterocycles. The molecule has 4 aliphatic carbocycles. The summed E-state index contributed by atoms with van der Waals surface area (Å²) in [6.07, 6.45) is 14.4. The van der Waals surface area contributed by atoms with Crippen LogP contribution in [0.25, 0.3) is 0 Å². The summed E-state index contributed by atoms with van der Waals surface area (Å²) in [5.74, 6) is 4.32. The van der Waals surface area contributed by atoms with Gasteiger partial charge in [-0.3, -0.25) is 0 Å². The van der Waals surface area contributed by atoms with E-state index in [0.29, 0.717) is 23.4 Å². The Morgan fingerprint density at radius 3 is 2.48 bits per heavy atom. The molecule has 0 spiro atoms. The van der Waals surface area contributed by atoms with Crippen LogP contribution >= 0.6 is 0 Å². The second-order valence-corrected chi connectivity index (χ2v) is 9.50. The van der Waals surface area contributed by atoms with E-state index in [1.54, 1.807) is 0 Å². The van der Waals surface area contributed by atoms with Crippen molar-refractivity contribution in [1.82, 2.24) is 0 Å². The molecule has 2 unspecified atom stereocenters. The summed E-state index contributed by atoms with van der Waals surface area (Å²) >= 11 is 0. The van der Waals surface area contributed by atoms with Crippen molar-refractivity contribution in [2.24, 2.45) is 40.4 Å². The molecule has 4 rings (SSSR count). The molecule has 120 valence electrons. The molecule has 0 bridgehead atoms. The van der Waals surface area contributed by atoms with E-state index in [-0.39, 0.29) is 0 Å². The van der Waals surface area contributed by atoms with Crippen molar-refractivity contribution in [2.45, 2.75) is 78.1 Å². The fraction of sp³-hybridized carbons (Fsp3) is 1.00. The first-order valence-corrected chi connectivity index (χ1v) is 9.69. The number of fused-ring (bicyclic) bond motifs is 5. The lowest BCUT2D eigenvalue weighted by atomic mass is 9.43. The number of hydrogen-bond donors (Lipinski definition) is 1. The fourth-order valence-corrected chi connectivity index (χ4v) is 7.76. The SMILES string of the molecule is C[C@@]12CCC[C@H]1[C@@H]1CC(CO)C3CCCC[C@]3(C)[C@H]1CC2. The van der Waals surface area contributed by atoms with E-state index < -0.39 is 0 Å². The number of rotatable bonds is 1. The number of hydrogen-bond acceptors (Lipinski definition) is 1. The maximum atomic E-state index is 10.0. The van der Waals surface area contributed by atoms with Crippen molar-refractivity contribution in [3.05, 3.63) is 0 Å². The van der Waals surface area contributed by atoms with Crippen LogP contribution in [0.3, 0.4) is 0 Å². The molecule has 1 heteroatoms. The van der Waals surface area contributed by atoms with Crippen LogP contribution in [0.4, 0.5) is 0 Å². The predicted molar refractivity (Wildman–Crippen MR) is 86.9 cm³/mol. The third-order valence-electron chi connectivity index (χ3n) is 8.77. The standard InChI is InChI=1S/C20H34O/c1-19-9-5-7-17(19)15-12-14(13-21)16-6-3-4-10-20(16,2)18(15)8-11-19/h14-18,21H,3-13H2,1-2H3/t14?,15-,16?,17-,18-,19-,20-/m0/s1. The molecule has 4 aliphatic rings. The Balaban J connectivity index is 1.68. The molecule has 0 radical (unpaired) electrons.